The SMILES string of the molecule is CC(C)COCCCNc1nc[nH]c(=O)c1Cl. The number of halogens is 1. The van der Waals surface area contributed by atoms with Gasteiger partial charge in [0.2, 0.25) is 0 Å². The average molecular weight is 260 g/mol. The van der Waals surface area contributed by atoms with Gasteiger partial charge in [-0.3, -0.25) is 4.79 Å². The van der Waals surface area contributed by atoms with Crippen LogP contribution in [-0.2, 0) is 4.74 Å². The number of hydrogen-bond acceptors (Lipinski definition) is 4. The van der Waals surface area contributed by atoms with Crippen molar-refractivity contribution in [2.75, 3.05) is 25.1 Å². The quantitative estimate of drug-likeness (QED) is 0.734. The molecule has 0 amide bonds. The van der Waals surface area contributed by atoms with Crippen LogP contribution in [0.2, 0.25) is 5.02 Å². The van der Waals surface area contributed by atoms with Crippen LogP contribution < -0.4 is 10.9 Å². The highest BCUT2D eigenvalue weighted by molar-refractivity contribution is 6.32. The van der Waals surface area contributed by atoms with Gasteiger partial charge in [0.1, 0.15) is 5.02 Å². The van der Waals surface area contributed by atoms with Crippen molar-refractivity contribution in [3.8, 4) is 0 Å². The summed E-state index contributed by atoms with van der Waals surface area (Å²) in [5.41, 5.74) is -0.333. The molecule has 1 heterocycles. The molecule has 0 aliphatic heterocycles. The van der Waals surface area contributed by atoms with E-state index < -0.39 is 0 Å². The molecule has 0 radical (unpaired) electrons. The van der Waals surface area contributed by atoms with Gasteiger partial charge < -0.3 is 15.0 Å². The third-order valence-electron chi connectivity index (χ3n) is 2.01. The Morgan fingerprint density at radius 3 is 3.06 bits per heavy atom. The van der Waals surface area contributed by atoms with Gasteiger partial charge in [-0.15, -0.1) is 0 Å². The number of rotatable bonds is 7. The summed E-state index contributed by atoms with van der Waals surface area (Å²) in [4.78, 5) is 17.5. The van der Waals surface area contributed by atoms with Gasteiger partial charge in [-0.1, -0.05) is 25.4 Å². The Morgan fingerprint density at radius 2 is 2.35 bits per heavy atom. The van der Waals surface area contributed by atoms with Gasteiger partial charge in [-0.25, -0.2) is 4.98 Å². The van der Waals surface area contributed by atoms with Gasteiger partial charge in [0.25, 0.3) is 5.56 Å². The lowest BCUT2D eigenvalue weighted by molar-refractivity contribution is 0.110. The van der Waals surface area contributed by atoms with Crippen molar-refractivity contribution in [2.24, 2.45) is 5.92 Å². The summed E-state index contributed by atoms with van der Waals surface area (Å²) in [6.45, 7) is 6.35. The highest BCUT2D eigenvalue weighted by Crippen LogP contribution is 2.11. The first kappa shape index (κ1) is 14.0. The minimum Gasteiger partial charge on any atom is -0.381 e. The van der Waals surface area contributed by atoms with E-state index in [9.17, 15) is 4.79 Å². The van der Waals surface area contributed by atoms with E-state index in [0.29, 0.717) is 24.9 Å². The summed E-state index contributed by atoms with van der Waals surface area (Å²) in [6.07, 6.45) is 2.17. The van der Waals surface area contributed by atoms with Crippen LogP contribution >= 0.6 is 11.6 Å². The van der Waals surface area contributed by atoms with Gasteiger partial charge in [-0.05, 0) is 12.3 Å². The van der Waals surface area contributed by atoms with Crippen molar-refractivity contribution in [3.63, 3.8) is 0 Å². The fraction of sp³-hybridized carbons (Fsp3) is 0.636. The lowest BCUT2D eigenvalue weighted by Gasteiger charge is -2.08. The standard InChI is InChI=1S/C11H18ClN3O2/c1-8(2)6-17-5-3-4-13-10-9(12)11(16)15-7-14-10/h7-8H,3-6H2,1-2H3,(H2,13,14,15,16). The van der Waals surface area contributed by atoms with E-state index in [1.807, 2.05) is 0 Å². The summed E-state index contributed by atoms with van der Waals surface area (Å²) in [5, 5.41) is 3.09. The molecule has 0 aliphatic carbocycles. The van der Waals surface area contributed by atoms with Crippen LogP contribution in [0, 0.1) is 5.92 Å². The fourth-order valence-electron chi connectivity index (χ4n) is 1.21. The average Bonchev–Trinajstić information content (AvgIpc) is 2.28. The zero-order chi connectivity index (χ0) is 12.7. The number of aromatic amines is 1. The summed E-state index contributed by atoms with van der Waals surface area (Å²) in [6, 6.07) is 0. The van der Waals surface area contributed by atoms with E-state index in [1.54, 1.807) is 0 Å². The van der Waals surface area contributed by atoms with Crippen LogP contribution in [0.15, 0.2) is 11.1 Å². The normalized spacial score (nSPS) is 10.8. The molecule has 0 aliphatic rings. The summed E-state index contributed by atoms with van der Waals surface area (Å²) in [7, 11) is 0. The molecule has 0 atom stereocenters. The molecule has 0 fully saturated rings. The van der Waals surface area contributed by atoms with E-state index in [1.165, 1.54) is 6.33 Å². The predicted octanol–water partition coefficient (Wildman–Crippen LogP) is 1.90. The maximum absolute atomic E-state index is 11.2. The van der Waals surface area contributed by atoms with Crippen molar-refractivity contribution in [1.29, 1.82) is 0 Å². The topological polar surface area (TPSA) is 67.0 Å². The first-order chi connectivity index (χ1) is 8.11. The Morgan fingerprint density at radius 1 is 1.59 bits per heavy atom. The molecular formula is C11H18ClN3O2. The Bertz CT molecular complexity index is 393. The maximum atomic E-state index is 11.2. The Hall–Kier alpha value is -1.07. The van der Waals surface area contributed by atoms with Crippen molar-refractivity contribution >= 4 is 17.4 Å². The van der Waals surface area contributed by atoms with Gasteiger partial charge in [0.15, 0.2) is 5.82 Å². The molecule has 17 heavy (non-hydrogen) atoms. The highest BCUT2D eigenvalue weighted by Gasteiger charge is 2.04. The van der Waals surface area contributed by atoms with Crippen molar-refractivity contribution in [2.45, 2.75) is 20.3 Å². The molecule has 5 nitrogen and oxygen atoms in total. The van der Waals surface area contributed by atoms with Crippen LogP contribution in [0.25, 0.3) is 0 Å². The smallest absolute Gasteiger partial charge is 0.271 e. The van der Waals surface area contributed by atoms with E-state index in [4.69, 9.17) is 16.3 Å². The molecule has 2 N–H and O–H groups in total. The third kappa shape index (κ3) is 5.19. The number of H-pyrrole nitrogens is 1. The van der Waals surface area contributed by atoms with Gasteiger partial charge in [-0.2, -0.15) is 0 Å². The molecule has 0 saturated heterocycles. The highest BCUT2D eigenvalue weighted by atomic mass is 35.5. The molecule has 1 rings (SSSR count). The predicted molar refractivity (Wildman–Crippen MR) is 68.6 cm³/mol. The third-order valence-corrected chi connectivity index (χ3v) is 2.36. The first-order valence-corrected chi connectivity index (χ1v) is 6.04. The first-order valence-electron chi connectivity index (χ1n) is 5.66. The van der Waals surface area contributed by atoms with Crippen LogP contribution in [0.4, 0.5) is 5.82 Å². The lowest BCUT2D eigenvalue weighted by atomic mass is 10.2. The molecule has 0 bridgehead atoms. The van der Waals surface area contributed by atoms with Gasteiger partial charge in [0.05, 0.1) is 6.33 Å². The number of ether oxygens (including phenoxy) is 1. The minimum atomic E-state index is -0.333. The molecular weight excluding hydrogens is 242 g/mol. The van der Waals surface area contributed by atoms with E-state index >= 15 is 0 Å². The molecule has 1 aromatic heterocycles. The van der Waals surface area contributed by atoms with E-state index in [0.717, 1.165) is 13.0 Å². The van der Waals surface area contributed by atoms with Crippen LogP contribution in [0.3, 0.4) is 0 Å². The monoisotopic (exact) mass is 259 g/mol. The van der Waals surface area contributed by atoms with Crippen molar-refractivity contribution < 1.29 is 4.74 Å². The van der Waals surface area contributed by atoms with E-state index in [2.05, 4.69) is 29.1 Å². The van der Waals surface area contributed by atoms with Crippen molar-refractivity contribution in [3.05, 3.63) is 21.7 Å². The number of nitrogens with zero attached hydrogens (tertiary/aromatic N) is 1. The summed E-state index contributed by atoms with van der Waals surface area (Å²) in [5.74, 6) is 0.964. The molecule has 0 spiro atoms. The van der Waals surface area contributed by atoms with Crippen molar-refractivity contribution in [1.82, 2.24) is 9.97 Å². The largest absolute Gasteiger partial charge is 0.381 e. The number of anilines is 1. The fourth-order valence-corrected chi connectivity index (χ4v) is 1.38. The molecule has 0 aromatic carbocycles. The Kier molecular flexibility index (Phi) is 6.00. The summed E-state index contributed by atoms with van der Waals surface area (Å²) < 4.78 is 5.43. The zero-order valence-corrected chi connectivity index (χ0v) is 10.9. The van der Waals surface area contributed by atoms with Gasteiger partial charge >= 0.3 is 0 Å². The molecule has 1 aromatic rings. The second-order valence-electron chi connectivity index (χ2n) is 4.14. The van der Waals surface area contributed by atoms with E-state index in [-0.39, 0.29) is 10.6 Å². The molecule has 6 heteroatoms. The number of nitrogens with one attached hydrogen (secondary N) is 2. The second kappa shape index (κ2) is 7.29. The van der Waals surface area contributed by atoms with Crippen LogP contribution in [0.1, 0.15) is 20.3 Å². The Balaban J connectivity index is 2.23. The van der Waals surface area contributed by atoms with Crippen LogP contribution in [0.5, 0.6) is 0 Å². The summed E-state index contributed by atoms with van der Waals surface area (Å²) >= 11 is 5.77. The molecule has 0 saturated carbocycles. The minimum absolute atomic E-state index is 0.0931. The second-order valence-corrected chi connectivity index (χ2v) is 4.52. The van der Waals surface area contributed by atoms with Crippen LogP contribution in [-0.4, -0.2) is 29.7 Å². The molecule has 96 valence electrons. The van der Waals surface area contributed by atoms with Gasteiger partial charge in [0, 0.05) is 19.8 Å². The number of aromatic nitrogens is 2. The number of hydrogen-bond donors (Lipinski definition) is 2. The zero-order valence-electron chi connectivity index (χ0n) is 10.1. The maximum Gasteiger partial charge on any atom is 0.271 e. The lowest BCUT2D eigenvalue weighted by Crippen LogP contribution is -2.14. The Labute approximate surface area is 106 Å². The molecule has 0 unspecified atom stereocenters.